The van der Waals surface area contributed by atoms with Crippen molar-refractivity contribution in [2.75, 3.05) is 11.9 Å². The highest BCUT2D eigenvalue weighted by Crippen LogP contribution is 2.16. The maximum absolute atomic E-state index is 11.6. The summed E-state index contributed by atoms with van der Waals surface area (Å²) in [6.45, 7) is 4.81. The van der Waals surface area contributed by atoms with Gasteiger partial charge in [0.1, 0.15) is 5.01 Å². The molecule has 0 aromatic carbocycles. The third-order valence-electron chi connectivity index (χ3n) is 2.54. The summed E-state index contributed by atoms with van der Waals surface area (Å²) >= 11 is 1.43. The largest absolute Gasteiger partial charge is 0.330 e. The van der Waals surface area contributed by atoms with E-state index >= 15 is 0 Å². The number of aryl methyl sites for hydroxylation is 1. The van der Waals surface area contributed by atoms with Gasteiger partial charge in [-0.25, -0.2) is 0 Å². The van der Waals surface area contributed by atoms with E-state index in [-0.39, 0.29) is 5.91 Å². The van der Waals surface area contributed by atoms with Crippen LogP contribution in [0.2, 0.25) is 0 Å². The molecule has 1 rings (SSSR count). The number of hydrogen-bond acceptors (Lipinski definition) is 5. The summed E-state index contributed by atoms with van der Waals surface area (Å²) in [5, 5.41) is 12.2. The van der Waals surface area contributed by atoms with E-state index in [0.29, 0.717) is 24.0 Å². The lowest BCUT2D eigenvalue weighted by Gasteiger charge is -2.08. The second-order valence-electron chi connectivity index (χ2n) is 4.12. The second-order valence-corrected chi connectivity index (χ2v) is 5.19. The molecule has 1 unspecified atom stereocenters. The van der Waals surface area contributed by atoms with Crippen molar-refractivity contribution >= 4 is 22.4 Å². The van der Waals surface area contributed by atoms with Gasteiger partial charge >= 0.3 is 0 Å². The number of nitrogens with two attached hydrogens (primary N) is 1. The van der Waals surface area contributed by atoms with Gasteiger partial charge in [-0.05, 0) is 31.7 Å². The first kappa shape index (κ1) is 14.1. The van der Waals surface area contributed by atoms with Crippen LogP contribution in [-0.4, -0.2) is 22.6 Å². The molecular formula is C11H20N4OS. The number of hydrogen-bond donors (Lipinski definition) is 2. The molecule has 0 radical (unpaired) electrons. The molecule has 1 aromatic rings. The standard InChI is InChI=1S/C11H20N4OS/c1-3-10-14-15-11(17-10)13-9(16)5-4-8(2)6-7-12/h8H,3-7,12H2,1-2H3,(H,13,15,16). The maximum atomic E-state index is 11.6. The molecule has 0 fully saturated rings. The van der Waals surface area contributed by atoms with Gasteiger partial charge in [-0.1, -0.05) is 25.2 Å². The van der Waals surface area contributed by atoms with Gasteiger partial charge in [-0.2, -0.15) is 0 Å². The Morgan fingerprint density at radius 2 is 2.24 bits per heavy atom. The number of rotatable bonds is 7. The zero-order valence-corrected chi connectivity index (χ0v) is 11.2. The first-order chi connectivity index (χ1) is 8.15. The number of carbonyl (C=O) groups is 1. The van der Waals surface area contributed by atoms with E-state index < -0.39 is 0 Å². The molecule has 5 nitrogen and oxygen atoms in total. The molecule has 96 valence electrons. The minimum absolute atomic E-state index is 0.00711. The smallest absolute Gasteiger partial charge is 0.226 e. The molecular weight excluding hydrogens is 236 g/mol. The van der Waals surface area contributed by atoms with Crippen molar-refractivity contribution in [2.24, 2.45) is 11.7 Å². The van der Waals surface area contributed by atoms with Crippen LogP contribution < -0.4 is 11.1 Å². The van der Waals surface area contributed by atoms with E-state index in [9.17, 15) is 4.79 Å². The van der Waals surface area contributed by atoms with Crippen molar-refractivity contribution in [1.29, 1.82) is 0 Å². The predicted octanol–water partition coefficient (Wildman–Crippen LogP) is 1.80. The highest BCUT2D eigenvalue weighted by Gasteiger charge is 2.09. The lowest BCUT2D eigenvalue weighted by molar-refractivity contribution is -0.116. The average molecular weight is 256 g/mol. The van der Waals surface area contributed by atoms with E-state index in [0.717, 1.165) is 24.3 Å². The van der Waals surface area contributed by atoms with Crippen LogP contribution in [0.15, 0.2) is 0 Å². The van der Waals surface area contributed by atoms with Gasteiger partial charge in [0, 0.05) is 6.42 Å². The molecule has 1 atom stereocenters. The van der Waals surface area contributed by atoms with Crippen LogP contribution in [-0.2, 0) is 11.2 Å². The first-order valence-corrected chi connectivity index (χ1v) is 6.79. The number of nitrogens with zero attached hydrogens (tertiary/aromatic N) is 2. The van der Waals surface area contributed by atoms with E-state index in [2.05, 4.69) is 22.4 Å². The van der Waals surface area contributed by atoms with Gasteiger partial charge in [-0.3, -0.25) is 4.79 Å². The van der Waals surface area contributed by atoms with Crippen molar-refractivity contribution in [1.82, 2.24) is 10.2 Å². The van der Waals surface area contributed by atoms with Crippen LogP contribution in [0.5, 0.6) is 0 Å². The number of nitrogens with one attached hydrogen (secondary N) is 1. The summed E-state index contributed by atoms with van der Waals surface area (Å²) in [6, 6.07) is 0. The summed E-state index contributed by atoms with van der Waals surface area (Å²) in [6.07, 6.45) is 3.19. The Morgan fingerprint density at radius 3 is 2.82 bits per heavy atom. The quantitative estimate of drug-likeness (QED) is 0.779. The Balaban J connectivity index is 2.29. The molecule has 0 bridgehead atoms. The topological polar surface area (TPSA) is 80.9 Å². The number of anilines is 1. The fourth-order valence-electron chi connectivity index (χ4n) is 1.44. The predicted molar refractivity (Wildman–Crippen MR) is 70.0 cm³/mol. The molecule has 3 N–H and O–H groups in total. The molecule has 0 aliphatic carbocycles. The van der Waals surface area contributed by atoms with E-state index in [1.165, 1.54) is 11.3 Å². The van der Waals surface area contributed by atoms with Gasteiger partial charge in [0.2, 0.25) is 11.0 Å². The third kappa shape index (κ3) is 5.23. The molecule has 1 amide bonds. The van der Waals surface area contributed by atoms with Gasteiger partial charge in [0.25, 0.3) is 0 Å². The molecule has 0 aliphatic rings. The van der Waals surface area contributed by atoms with Crippen LogP contribution in [0, 0.1) is 5.92 Å². The second kappa shape index (κ2) is 7.34. The minimum Gasteiger partial charge on any atom is -0.330 e. The molecule has 0 spiro atoms. The Bertz CT molecular complexity index is 353. The zero-order chi connectivity index (χ0) is 12.7. The average Bonchev–Trinajstić information content (AvgIpc) is 2.74. The van der Waals surface area contributed by atoms with Gasteiger partial charge in [0.05, 0.1) is 0 Å². The van der Waals surface area contributed by atoms with Crippen molar-refractivity contribution in [3.8, 4) is 0 Å². The fourth-order valence-corrected chi connectivity index (χ4v) is 2.13. The normalized spacial score (nSPS) is 12.4. The van der Waals surface area contributed by atoms with Crippen LogP contribution in [0.3, 0.4) is 0 Å². The van der Waals surface area contributed by atoms with Crippen LogP contribution in [0.4, 0.5) is 5.13 Å². The van der Waals surface area contributed by atoms with Gasteiger partial charge < -0.3 is 11.1 Å². The summed E-state index contributed by atoms with van der Waals surface area (Å²) in [5.74, 6) is 0.499. The highest BCUT2D eigenvalue weighted by atomic mass is 32.1. The van der Waals surface area contributed by atoms with Crippen molar-refractivity contribution in [3.63, 3.8) is 0 Å². The monoisotopic (exact) mass is 256 g/mol. The van der Waals surface area contributed by atoms with Crippen molar-refractivity contribution < 1.29 is 4.79 Å². The van der Waals surface area contributed by atoms with Crippen LogP contribution in [0.1, 0.15) is 38.1 Å². The molecule has 0 saturated carbocycles. The Hall–Kier alpha value is -1.01. The highest BCUT2D eigenvalue weighted by molar-refractivity contribution is 7.15. The zero-order valence-electron chi connectivity index (χ0n) is 10.4. The Labute approximate surface area is 106 Å². The summed E-state index contributed by atoms with van der Waals surface area (Å²) < 4.78 is 0. The fraction of sp³-hybridized carbons (Fsp3) is 0.727. The lowest BCUT2D eigenvalue weighted by Crippen LogP contribution is -2.13. The van der Waals surface area contributed by atoms with Gasteiger partial charge in [-0.15, -0.1) is 10.2 Å². The van der Waals surface area contributed by atoms with E-state index in [4.69, 9.17) is 5.73 Å². The molecule has 0 aliphatic heterocycles. The minimum atomic E-state index is 0.00711. The van der Waals surface area contributed by atoms with Gasteiger partial charge in [0.15, 0.2) is 0 Å². The SMILES string of the molecule is CCc1nnc(NC(=O)CCC(C)CCN)s1. The summed E-state index contributed by atoms with van der Waals surface area (Å²) in [7, 11) is 0. The number of amides is 1. The van der Waals surface area contributed by atoms with E-state index in [1.807, 2.05) is 6.92 Å². The lowest BCUT2D eigenvalue weighted by atomic mass is 10.0. The van der Waals surface area contributed by atoms with Crippen molar-refractivity contribution in [2.45, 2.75) is 39.5 Å². The van der Waals surface area contributed by atoms with Crippen LogP contribution in [0.25, 0.3) is 0 Å². The Kier molecular flexibility index (Phi) is 6.07. The first-order valence-electron chi connectivity index (χ1n) is 5.98. The third-order valence-corrected chi connectivity index (χ3v) is 3.52. The van der Waals surface area contributed by atoms with Crippen LogP contribution >= 0.6 is 11.3 Å². The molecule has 0 saturated heterocycles. The Morgan fingerprint density at radius 1 is 1.47 bits per heavy atom. The molecule has 17 heavy (non-hydrogen) atoms. The molecule has 1 heterocycles. The summed E-state index contributed by atoms with van der Waals surface area (Å²) in [5.41, 5.74) is 5.46. The number of carbonyl (C=O) groups excluding carboxylic acids is 1. The molecule has 6 heteroatoms. The molecule has 1 aromatic heterocycles. The summed E-state index contributed by atoms with van der Waals surface area (Å²) in [4.78, 5) is 11.6. The van der Waals surface area contributed by atoms with Crippen molar-refractivity contribution in [3.05, 3.63) is 5.01 Å². The van der Waals surface area contributed by atoms with E-state index in [1.54, 1.807) is 0 Å². The maximum Gasteiger partial charge on any atom is 0.226 e. The number of aromatic nitrogens is 2.